The Labute approximate surface area is 169 Å². The number of benzene rings is 1. The van der Waals surface area contributed by atoms with Gasteiger partial charge < -0.3 is 19.5 Å². The zero-order valence-electron chi connectivity index (χ0n) is 16.2. The van der Waals surface area contributed by atoms with Crippen LogP contribution in [0.5, 0.6) is 0 Å². The quantitative estimate of drug-likeness (QED) is 0.674. The van der Waals surface area contributed by atoms with Gasteiger partial charge in [0.15, 0.2) is 0 Å². The Hall–Kier alpha value is -2.20. The van der Waals surface area contributed by atoms with E-state index in [1.165, 1.54) is 10.6 Å². The molecule has 1 amide bonds. The molecule has 29 heavy (non-hydrogen) atoms. The second kappa shape index (κ2) is 7.24. The average Bonchev–Trinajstić information content (AvgIpc) is 3.43. The Morgan fingerprint density at radius 3 is 2.34 bits per heavy atom. The Balaban J connectivity index is 1.48. The normalized spacial score (nSPS) is 18.1. The molecule has 0 unspecified atom stereocenters. The average molecular weight is 420 g/mol. The van der Waals surface area contributed by atoms with Crippen LogP contribution in [0.4, 0.5) is 0 Å². The third-order valence-electron chi connectivity index (χ3n) is 6.08. The van der Waals surface area contributed by atoms with E-state index in [0.29, 0.717) is 25.1 Å². The molecule has 156 valence electrons. The number of aliphatic hydroxyl groups excluding tert-OH is 2. The van der Waals surface area contributed by atoms with E-state index in [1.807, 2.05) is 0 Å². The summed E-state index contributed by atoms with van der Waals surface area (Å²) >= 11 is 0. The van der Waals surface area contributed by atoms with Crippen molar-refractivity contribution in [2.75, 3.05) is 39.4 Å². The van der Waals surface area contributed by atoms with E-state index in [4.69, 9.17) is 4.42 Å². The number of hydrogen-bond donors (Lipinski definition) is 2. The van der Waals surface area contributed by atoms with Crippen LogP contribution in [-0.4, -0.2) is 73.1 Å². The van der Waals surface area contributed by atoms with Gasteiger partial charge in [-0.2, -0.15) is 4.31 Å². The molecule has 0 atom stereocenters. The van der Waals surface area contributed by atoms with Crippen molar-refractivity contribution in [1.82, 2.24) is 9.21 Å². The number of rotatable bonds is 6. The minimum atomic E-state index is -3.66. The van der Waals surface area contributed by atoms with E-state index in [9.17, 15) is 23.4 Å². The van der Waals surface area contributed by atoms with Crippen LogP contribution in [-0.2, 0) is 14.8 Å². The molecule has 2 aliphatic rings. The van der Waals surface area contributed by atoms with Crippen LogP contribution < -0.4 is 0 Å². The molecular weight excluding hydrogens is 396 g/mol. The third-order valence-corrected chi connectivity index (χ3v) is 7.87. The maximum absolute atomic E-state index is 13.1. The zero-order chi connectivity index (χ0) is 20.8. The predicted octanol–water partition coefficient (Wildman–Crippen LogP) is 0.957. The lowest BCUT2D eigenvalue weighted by Gasteiger charge is -2.33. The van der Waals surface area contributed by atoms with Crippen molar-refractivity contribution in [1.29, 1.82) is 0 Å². The molecule has 0 spiro atoms. The summed E-state index contributed by atoms with van der Waals surface area (Å²) in [6.07, 6.45) is 1.85. The summed E-state index contributed by atoms with van der Waals surface area (Å²) in [5, 5.41) is 20.0. The SMILES string of the molecule is CCC(CO)(CO)C(=O)N1CC2=C(C1)CN(S(=O)(=O)c1ccc3occc3c1)C2. The summed E-state index contributed by atoms with van der Waals surface area (Å²) in [6.45, 7) is 2.04. The number of carbonyl (C=O) groups excluding carboxylic acids is 1. The van der Waals surface area contributed by atoms with Crippen LogP contribution in [0.25, 0.3) is 11.0 Å². The summed E-state index contributed by atoms with van der Waals surface area (Å²) < 4.78 is 32.8. The first-order valence-corrected chi connectivity index (χ1v) is 11.0. The number of furan rings is 1. The first-order chi connectivity index (χ1) is 13.8. The van der Waals surface area contributed by atoms with E-state index >= 15 is 0 Å². The molecule has 1 aromatic heterocycles. The summed E-state index contributed by atoms with van der Waals surface area (Å²) in [6, 6.07) is 6.51. The Bertz CT molecular complexity index is 1060. The number of aliphatic hydroxyl groups is 2. The minimum absolute atomic E-state index is 0.214. The Morgan fingerprint density at radius 1 is 1.10 bits per heavy atom. The fraction of sp³-hybridized carbons (Fsp3) is 0.450. The summed E-state index contributed by atoms with van der Waals surface area (Å²) in [5.74, 6) is -0.292. The topological polar surface area (TPSA) is 111 Å². The zero-order valence-corrected chi connectivity index (χ0v) is 17.0. The highest BCUT2D eigenvalue weighted by atomic mass is 32.2. The molecule has 2 aromatic rings. The standard InChI is InChI=1S/C20H24N2O6S/c1-2-20(12-23,13-24)19(25)21-8-15-10-22(11-16(15)9-21)29(26,27)17-3-4-18-14(7-17)5-6-28-18/h3-7,23-24H,2,8-13H2,1H3. The molecular formula is C20H24N2O6S. The highest BCUT2D eigenvalue weighted by Gasteiger charge is 2.43. The number of hydrogen-bond acceptors (Lipinski definition) is 6. The lowest BCUT2D eigenvalue weighted by molar-refractivity contribution is -0.146. The van der Waals surface area contributed by atoms with Gasteiger partial charge in [-0.25, -0.2) is 8.42 Å². The lowest BCUT2D eigenvalue weighted by Crippen LogP contribution is -2.48. The number of nitrogens with zero attached hydrogens (tertiary/aromatic N) is 2. The first kappa shape index (κ1) is 20.1. The smallest absolute Gasteiger partial charge is 0.243 e. The Kier molecular flexibility index (Phi) is 5.02. The molecule has 0 fully saturated rings. The molecule has 1 aromatic carbocycles. The second-order valence-electron chi connectivity index (χ2n) is 7.71. The minimum Gasteiger partial charge on any atom is -0.464 e. The van der Waals surface area contributed by atoms with Crippen LogP contribution in [0.2, 0.25) is 0 Å². The van der Waals surface area contributed by atoms with Gasteiger partial charge in [0.1, 0.15) is 5.58 Å². The van der Waals surface area contributed by atoms with Crippen LogP contribution in [0.1, 0.15) is 13.3 Å². The van der Waals surface area contributed by atoms with Crippen LogP contribution in [0.3, 0.4) is 0 Å². The summed E-state index contributed by atoms with van der Waals surface area (Å²) in [5.41, 5.74) is 1.26. The van der Waals surface area contributed by atoms with Gasteiger partial charge in [-0.3, -0.25) is 4.79 Å². The van der Waals surface area contributed by atoms with E-state index < -0.39 is 28.7 Å². The summed E-state index contributed by atoms with van der Waals surface area (Å²) in [4.78, 5) is 14.6. The third kappa shape index (κ3) is 3.18. The largest absolute Gasteiger partial charge is 0.464 e. The molecule has 9 heteroatoms. The van der Waals surface area contributed by atoms with Gasteiger partial charge in [-0.05, 0) is 41.8 Å². The van der Waals surface area contributed by atoms with E-state index in [-0.39, 0.29) is 23.9 Å². The number of carbonyl (C=O) groups is 1. The van der Waals surface area contributed by atoms with Crippen LogP contribution in [0, 0.1) is 5.41 Å². The molecule has 2 aliphatic heterocycles. The highest BCUT2D eigenvalue weighted by Crippen LogP contribution is 2.33. The summed E-state index contributed by atoms with van der Waals surface area (Å²) in [7, 11) is -3.66. The molecule has 0 bridgehead atoms. The van der Waals surface area contributed by atoms with E-state index in [1.54, 1.807) is 36.1 Å². The molecule has 3 heterocycles. The van der Waals surface area contributed by atoms with Crippen molar-refractivity contribution in [3.63, 3.8) is 0 Å². The van der Waals surface area contributed by atoms with Crippen molar-refractivity contribution in [2.45, 2.75) is 18.2 Å². The first-order valence-electron chi connectivity index (χ1n) is 9.53. The van der Waals surface area contributed by atoms with Crippen LogP contribution in [0.15, 0.2) is 51.0 Å². The van der Waals surface area contributed by atoms with Gasteiger partial charge >= 0.3 is 0 Å². The van der Waals surface area contributed by atoms with Gasteiger partial charge in [-0.15, -0.1) is 0 Å². The van der Waals surface area contributed by atoms with Crippen LogP contribution >= 0.6 is 0 Å². The highest BCUT2D eigenvalue weighted by molar-refractivity contribution is 7.89. The number of fused-ring (bicyclic) bond motifs is 1. The number of sulfonamides is 1. The van der Waals surface area contributed by atoms with E-state index in [2.05, 4.69) is 0 Å². The molecule has 0 radical (unpaired) electrons. The maximum atomic E-state index is 13.1. The van der Waals surface area contributed by atoms with Crippen molar-refractivity contribution in [3.8, 4) is 0 Å². The van der Waals surface area contributed by atoms with E-state index in [0.717, 1.165) is 16.5 Å². The van der Waals surface area contributed by atoms with Crippen molar-refractivity contribution in [3.05, 3.63) is 41.7 Å². The second-order valence-corrected chi connectivity index (χ2v) is 9.65. The molecule has 0 aliphatic carbocycles. The lowest BCUT2D eigenvalue weighted by atomic mass is 9.85. The molecule has 0 saturated carbocycles. The number of amides is 1. The molecule has 2 N–H and O–H groups in total. The van der Waals surface area contributed by atoms with Gasteiger partial charge in [0.05, 0.1) is 29.8 Å². The fourth-order valence-corrected chi connectivity index (χ4v) is 5.47. The Morgan fingerprint density at radius 2 is 1.76 bits per heavy atom. The van der Waals surface area contributed by atoms with Gasteiger partial charge in [-0.1, -0.05) is 6.92 Å². The maximum Gasteiger partial charge on any atom is 0.243 e. The van der Waals surface area contributed by atoms with Gasteiger partial charge in [0, 0.05) is 31.6 Å². The van der Waals surface area contributed by atoms with Crippen molar-refractivity contribution < 1.29 is 27.8 Å². The predicted molar refractivity (Wildman–Crippen MR) is 105 cm³/mol. The monoisotopic (exact) mass is 420 g/mol. The van der Waals surface area contributed by atoms with Crippen molar-refractivity contribution in [2.24, 2.45) is 5.41 Å². The molecule has 8 nitrogen and oxygen atoms in total. The molecule has 0 saturated heterocycles. The fourth-order valence-electron chi connectivity index (χ4n) is 4.01. The van der Waals surface area contributed by atoms with Crippen molar-refractivity contribution >= 4 is 26.9 Å². The molecule has 4 rings (SSSR count). The van der Waals surface area contributed by atoms with Gasteiger partial charge in [0.25, 0.3) is 0 Å². The van der Waals surface area contributed by atoms with Gasteiger partial charge in [0.2, 0.25) is 15.9 Å².